The molecule has 1 aromatic heterocycles. The number of carbonyl (C=O) groups is 1. The number of aliphatic hydroxyl groups is 1. The number of nitrogens with two attached hydrogens (primary N) is 1. The van der Waals surface area contributed by atoms with Crippen LogP contribution < -0.4 is 27.0 Å². The molecule has 0 radical (unpaired) electrons. The van der Waals surface area contributed by atoms with E-state index in [1.165, 1.54) is 32.1 Å². The summed E-state index contributed by atoms with van der Waals surface area (Å²) >= 11 is 0. The Morgan fingerprint density at radius 1 is 0.895 bits per heavy atom. The van der Waals surface area contributed by atoms with Gasteiger partial charge in [-0.1, -0.05) is 31.4 Å². The van der Waals surface area contributed by atoms with Crippen LogP contribution in [0.4, 0.5) is 23.5 Å². The van der Waals surface area contributed by atoms with Gasteiger partial charge in [-0.3, -0.25) is 4.79 Å². The van der Waals surface area contributed by atoms with Gasteiger partial charge in [-0.2, -0.15) is 15.0 Å². The zero-order valence-electron chi connectivity index (χ0n) is 22.1. The van der Waals surface area contributed by atoms with Crippen molar-refractivity contribution in [3.8, 4) is 0 Å². The maximum absolute atomic E-state index is 12.2. The fraction of sp³-hybridized carbons (Fsp3) is 0.615. The Balaban J connectivity index is 1.46. The number of benzene rings is 1. The zero-order valence-corrected chi connectivity index (χ0v) is 22.1. The van der Waals surface area contributed by atoms with E-state index in [1.807, 2.05) is 24.3 Å². The molecule has 0 unspecified atom stereocenters. The molecular formula is C26H42N8O4. The van der Waals surface area contributed by atoms with E-state index in [0.717, 1.165) is 17.8 Å². The fourth-order valence-electron chi connectivity index (χ4n) is 4.14. The van der Waals surface area contributed by atoms with Crippen molar-refractivity contribution in [3.63, 3.8) is 0 Å². The number of aromatic nitrogens is 3. The maximum Gasteiger partial charge on any atom is 0.233 e. The molecular weight excluding hydrogens is 488 g/mol. The summed E-state index contributed by atoms with van der Waals surface area (Å²) < 4.78 is 10.6. The summed E-state index contributed by atoms with van der Waals surface area (Å²) in [6, 6.07) is 7.54. The van der Waals surface area contributed by atoms with Gasteiger partial charge in [-0.05, 0) is 36.5 Å². The van der Waals surface area contributed by atoms with Crippen LogP contribution in [0.5, 0.6) is 0 Å². The summed E-state index contributed by atoms with van der Waals surface area (Å²) in [6.07, 6.45) is 6.59. The molecule has 1 aliphatic rings. The topological polar surface area (TPSA) is 169 Å². The number of ether oxygens (including phenoxy) is 2. The molecule has 12 nitrogen and oxygen atoms in total. The molecule has 1 saturated carbocycles. The minimum Gasteiger partial charge on any atom is -0.395 e. The summed E-state index contributed by atoms with van der Waals surface area (Å²) in [5.41, 5.74) is 7.03. The maximum atomic E-state index is 12.2. The van der Waals surface area contributed by atoms with Crippen LogP contribution in [0.3, 0.4) is 0 Å². The molecule has 3 rings (SSSR count). The molecule has 0 aliphatic heterocycles. The first-order valence-electron chi connectivity index (χ1n) is 13.5. The van der Waals surface area contributed by atoms with Crippen molar-refractivity contribution in [2.75, 3.05) is 75.2 Å². The third kappa shape index (κ3) is 11.5. The van der Waals surface area contributed by atoms with Gasteiger partial charge in [-0.25, -0.2) is 0 Å². The number of aliphatic hydroxyl groups excluding tert-OH is 1. The van der Waals surface area contributed by atoms with Crippen LogP contribution in [-0.2, 0) is 20.7 Å². The van der Waals surface area contributed by atoms with Crippen molar-refractivity contribution in [2.24, 2.45) is 11.7 Å². The second kappa shape index (κ2) is 17.4. The van der Waals surface area contributed by atoms with Crippen LogP contribution in [0.15, 0.2) is 24.3 Å². The molecule has 1 fully saturated rings. The molecule has 1 aliphatic carbocycles. The number of hydrogen-bond acceptors (Lipinski definition) is 11. The second-order valence-electron chi connectivity index (χ2n) is 9.20. The van der Waals surface area contributed by atoms with Crippen molar-refractivity contribution in [1.82, 2.24) is 20.3 Å². The summed E-state index contributed by atoms with van der Waals surface area (Å²) in [7, 11) is 0. The molecule has 0 atom stereocenters. The van der Waals surface area contributed by atoms with E-state index in [2.05, 4.69) is 36.2 Å². The van der Waals surface area contributed by atoms with Crippen LogP contribution in [0.2, 0.25) is 0 Å². The molecule has 0 saturated heterocycles. The second-order valence-corrected chi connectivity index (χ2v) is 9.20. The molecule has 210 valence electrons. The molecule has 12 heteroatoms. The van der Waals surface area contributed by atoms with Crippen LogP contribution in [-0.4, -0.2) is 85.2 Å². The number of rotatable bonds is 18. The summed E-state index contributed by atoms with van der Waals surface area (Å²) in [5.74, 6) is 1.84. The highest BCUT2D eigenvalue weighted by molar-refractivity contribution is 5.78. The van der Waals surface area contributed by atoms with E-state index in [1.54, 1.807) is 0 Å². The molecule has 0 spiro atoms. The van der Waals surface area contributed by atoms with Gasteiger partial charge in [0, 0.05) is 31.9 Å². The Labute approximate surface area is 224 Å². The SMILES string of the molecule is NCCOCCOCCNC(=O)Cc1ccc(Nc2nc(NCCO)nc(NCC3CCCCC3)n2)cc1. The molecule has 38 heavy (non-hydrogen) atoms. The highest BCUT2D eigenvalue weighted by Gasteiger charge is 2.14. The summed E-state index contributed by atoms with van der Waals surface area (Å²) in [6.45, 7) is 4.01. The first kappa shape index (κ1) is 29.5. The van der Waals surface area contributed by atoms with Crippen molar-refractivity contribution in [3.05, 3.63) is 29.8 Å². The molecule has 0 bridgehead atoms. The van der Waals surface area contributed by atoms with Crippen molar-refractivity contribution in [2.45, 2.75) is 38.5 Å². The standard InChI is InChI=1S/C26H42N8O4/c27-10-14-37-16-17-38-15-12-28-23(36)18-20-6-8-22(9-7-20)31-26-33-24(29-11-13-35)32-25(34-26)30-19-21-4-2-1-3-5-21/h6-9,21,35H,1-5,10-19,27H2,(H,28,36)(H3,29,30,31,32,33,34). The predicted molar refractivity (Wildman–Crippen MR) is 148 cm³/mol. The summed E-state index contributed by atoms with van der Waals surface area (Å²) in [5, 5.41) is 21.6. The number of hydrogen-bond donors (Lipinski definition) is 6. The van der Waals surface area contributed by atoms with Gasteiger partial charge in [0.15, 0.2) is 0 Å². The number of amides is 1. The minimum absolute atomic E-state index is 0.0223. The lowest BCUT2D eigenvalue weighted by Gasteiger charge is -2.21. The van der Waals surface area contributed by atoms with Crippen LogP contribution in [0, 0.1) is 5.92 Å². The lowest BCUT2D eigenvalue weighted by Crippen LogP contribution is -2.29. The number of nitrogens with zero attached hydrogens (tertiary/aromatic N) is 3. The van der Waals surface area contributed by atoms with E-state index in [-0.39, 0.29) is 18.9 Å². The lowest BCUT2D eigenvalue weighted by molar-refractivity contribution is -0.120. The van der Waals surface area contributed by atoms with Gasteiger partial charge >= 0.3 is 0 Å². The third-order valence-corrected chi connectivity index (χ3v) is 6.08. The Morgan fingerprint density at radius 2 is 1.58 bits per heavy atom. The summed E-state index contributed by atoms with van der Waals surface area (Å²) in [4.78, 5) is 25.6. The first-order chi connectivity index (χ1) is 18.7. The van der Waals surface area contributed by atoms with E-state index in [4.69, 9.17) is 20.3 Å². The molecule has 1 aromatic carbocycles. The number of carbonyl (C=O) groups excluding carboxylic acids is 1. The molecule has 2 aromatic rings. The van der Waals surface area contributed by atoms with Gasteiger partial charge in [0.1, 0.15) is 0 Å². The average molecular weight is 531 g/mol. The molecule has 1 heterocycles. The van der Waals surface area contributed by atoms with E-state index < -0.39 is 0 Å². The van der Waals surface area contributed by atoms with Crippen molar-refractivity contribution < 1.29 is 19.4 Å². The van der Waals surface area contributed by atoms with E-state index in [0.29, 0.717) is 69.8 Å². The first-order valence-corrected chi connectivity index (χ1v) is 13.5. The normalized spacial score (nSPS) is 13.7. The van der Waals surface area contributed by atoms with Gasteiger partial charge in [-0.15, -0.1) is 0 Å². The quantitative estimate of drug-likeness (QED) is 0.155. The highest BCUT2D eigenvalue weighted by Crippen LogP contribution is 2.24. The predicted octanol–water partition coefficient (Wildman–Crippen LogP) is 1.66. The molecule has 7 N–H and O–H groups in total. The van der Waals surface area contributed by atoms with Crippen LogP contribution >= 0.6 is 0 Å². The third-order valence-electron chi connectivity index (χ3n) is 6.08. The highest BCUT2D eigenvalue weighted by atomic mass is 16.5. The van der Waals surface area contributed by atoms with E-state index in [9.17, 15) is 4.79 Å². The van der Waals surface area contributed by atoms with Crippen molar-refractivity contribution in [1.29, 1.82) is 0 Å². The lowest BCUT2D eigenvalue weighted by atomic mass is 9.89. The Bertz CT molecular complexity index is 941. The average Bonchev–Trinajstić information content (AvgIpc) is 2.94. The van der Waals surface area contributed by atoms with Gasteiger partial charge in [0.25, 0.3) is 0 Å². The zero-order chi connectivity index (χ0) is 26.8. The van der Waals surface area contributed by atoms with Crippen molar-refractivity contribution >= 4 is 29.4 Å². The smallest absolute Gasteiger partial charge is 0.233 e. The van der Waals surface area contributed by atoms with Gasteiger partial charge < -0.3 is 41.6 Å². The largest absolute Gasteiger partial charge is 0.395 e. The minimum atomic E-state index is -0.0700. The number of anilines is 4. The van der Waals surface area contributed by atoms with Gasteiger partial charge in [0.2, 0.25) is 23.8 Å². The Hall–Kier alpha value is -3.06. The van der Waals surface area contributed by atoms with Gasteiger partial charge in [0.05, 0.1) is 39.5 Å². The monoisotopic (exact) mass is 530 g/mol. The Kier molecular flexibility index (Phi) is 13.5. The van der Waals surface area contributed by atoms with E-state index >= 15 is 0 Å². The molecule has 1 amide bonds. The number of nitrogens with one attached hydrogen (secondary N) is 4. The van der Waals surface area contributed by atoms with Crippen LogP contribution in [0.25, 0.3) is 0 Å². The fourth-order valence-corrected chi connectivity index (χ4v) is 4.14. The van der Waals surface area contributed by atoms with Crippen LogP contribution in [0.1, 0.15) is 37.7 Å². The Morgan fingerprint density at radius 3 is 2.29 bits per heavy atom.